The van der Waals surface area contributed by atoms with Crippen LogP contribution in [0.1, 0.15) is 18.4 Å². The van der Waals surface area contributed by atoms with Crippen molar-refractivity contribution in [3.8, 4) is 0 Å². The van der Waals surface area contributed by atoms with Gasteiger partial charge in [0.1, 0.15) is 0 Å². The van der Waals surface area contributed by atoms with Gasteiger partial charge in [-0.05, 0) is 17.8 Å². The van der Waals surface area contributed by atoms with Crippen LogP contribution in [-0.2, 0) is 5.41 Å². The molecule has 0 unspecified atom stereocenters. The Labute approximate surface area is 85.4 Å². The molecule has 7 nitrogen and oxygen atoms in total. The molecule has 7 heteroatoms. The standard InChI is InChI=1S/C8H12N4O3/c9-4-8(1-5(13)2-8)6-3-10-11-7(6)12(14)15/h3,5,13H,1-2,4,9H2,(H,10,11). The summed E-state index contributed by atoms with van der Waals surface area (Å²) in [6.45, 7) is 0.282. The highest BCUT2D eigenvalue weighted by Crippen LogP contribution is 2.45. The van der Waals surface area contributed by atoms with E-state index in [0.29, 0.717) is 18.4 Å². The number of nitro groups is 1. The van der Waals surface area contributed by atoms with E-state index in [1.807, 2.05) is 0 Å². The minimum Gasteiger partial charge on any atom is -0.393 e. The monoisotopic (exact) mass is 212 g/mol. The van der Waals surface area contributed by atoms with Crippen molar-refractivity contribution >= 4 is 5.82 Å². The number of hydrogen-bond acceptors (Lipinski definition) is 5. The molecule has 0 atom stereocenters. The quantitative estimate of drug-likeness (QED) is 0.468. The lowest BCUT2D eigenvalue weighted by atomic mass is 9.63. The first-order chi connectivity index (χ1) is 7.09. The van der Waals surface area contributed by atoms with Gasteiger partial charge in [-0.15, -0.1) is 5.10 Å². The molecule has 0 amide bonds. The summed E-state index contributed by atoms with van der Waals surface area (Å²) in [7, 11) is 0. The molecule has 1 fully saturated rings. The van der Waals surface area contributed by atoms with Crippen LogP contribution in [0.5, 0.6) is 0 Å². The Kier molecular flexibility index (Phi) is 2.20. The lowest BCUT2D eigenvalue weighted by molar-refractivity contribution is -0.391. The molecule has 0 saturated heterocycles. The SMILES string of the molecule is NCC1(c2cn[nH]c2[N+](=O)[O-])CC(O)C1. The average molecular weight is 212 g/mol. The summed E-state index contributed by atoms with van der Waals surface area (Å²) in [6.07, 6.45) is 1.94. The first-order valence-electron chi connectivity index (χ1n) is 4.65. The number of aliphatic hydroxyl groups excluding tert-OH is 1. The number of nitrogens with zero attached hydrogens (tertiary/aromatic N) is 2. The largest absolute Gasteiger partial charge is 0.393 e. The third kappa shape index (κ3) is 1.40. The Bertz CT molecular complexity index is 383. The van der Waals surface area contributed by atoms with Crippen LogP contribution in [0.3, 0.4) is 0 Å². The van der Waals surface area contributed by atoms with Crippen molar-refractivity contribution in [1.82, 2.24) is 10.2 Å². The van der Waals surface area contributed by atoms with Gasteiger partial charge in [-0.1, -0.05) is 5.10 Å². The zero-order valence-electron chi connectivity index (χ0n) is 8.01. The third-order valence-corrected chi connectivity index (χ3v) is 3.02. The zero-order chi connectivity index (χ0) is 11.1. The molecule has 0 aromatic carbocycles. The van der Waals surface area contributed by atoms with Crippen LogP contribution in [0.2, 0.25) is 0 Å². The van der Waals surface area contributed by atoms with Crippen molar-refractivity contribution in [3.63, 3.8) is 0 Å². The highest BCUT2D eigenvalue weighted by atomic mass is 16.6. The summed E-state index contributed by atoms with van der Waals surface area (Å²) in [4.78, 5) is 10.2. The predicted octanol–water partition coefficient (Wildman–Crippen LogP) is -0.331. The smallest absolute Gasteiger partial charge is 0.346 e. The Balaban J connectivity index is 2.36. The molecule has 0 bridgehead atoms. The minimum absolute atomic E-state index is 0.118. The van der Waals surface area contributed by atoms with Crippen LogP contribution < -0.4 is 5.73 Å². The van der Waals surface area contributed by atoms with E-state index < -0.39 is 16.4 Å². The Morgan fingerprint density at radius 2 is 2.47 bits per heavy atom. The summed E-state index contributed by atoms with van der Waals surface area (Å²) >= 11 is 0. The topological polar surface area (TPSA) is 118 Å². The molecule has 1 aliphatic rings. The van der Waals surface area contributed by atoms with Gasteiger partial charge in [-0.2, -0.15) is 0 Å². The van der Waals surface area contributed by atoms with E-state index in [1.54, 1.807) is 0 Å². The molecule has 1 aromatic rings. The first-order valence-corrected chi connectivity index (χ1v) is 4.65. The molecule has 1 aromatic heterocycles. The van der Waals surface area contributed by atoms with Crippen LogP contribution in [0, 0.1) is 10.1 Å². The van der Waals surface area contributed by atoms with Gasteiger partial charge in [0.15, 0.2) is 0 Å². The van der Waals surface area contributed by atoms with Gasteiger partial charge in [0.2, 0.25) is 0 Å². The summed E-state index contributed by atoms with van der Waals surface area (Å²) < 4.78 is 0. The summed E-state index contributed by atoms with van der Waals surface area (Å²) in [5, 5.41) is 26.0. The molecular weight excluding hydrogens is 200 g/mol. The number of H-pyrrole nitrogens is 1. The highest BCUT2D eigenvalue weighted by Gasteiger charge is 2.48. The number of rotatable bonds is 3. The van der Waals surface area contributed by atoms with E-state index in [1.165, 1.54) is 6.20 Å². The molecule has 1 heterocycles. The summed E-state index contributed by atoms with van der Waals surface area (Å²) in [6, 6.07) is 0. The van der Waals surface area contributed by atoms with Crippen molar-refractivity contribution < 1.29 is 10.0 Å². The van der Waals surface area contributed by atoms with Crippen molar-refractivity contribution in [2.75, 3.05) is 6.54 Å². The molecule has 1 saturated carbocycles. The first kappa shape index (κ1) is 10.1. The lowest BCUT2D eigenvalue weighted by Gasteiger charge is -2.43. The maximum atomic E-state index is 10.7. The third-order valence-electron chi connectivity index (χ3n) is 3.02. The zero-order valence-corrected chi connectivity index (χ0v) is 8.01. The predicted molar refractivity (Wildman–Crippen MR) is 51.2 cm³/mol. The number of aromatic nitrogens is 2. The second-order valence-electron chi connectivity index (χ2n) is 3.94. The fraction of sp³-hybridized carbons (Fsp3) is 0.625. The minimum atomic E-state index is -0.509. The number of aliphatic hydroxyl groups is 1. The second kappa shape index (κ2) is 3.28. The molecule has 2 rings (SSSR count). The summed E-state index contributed by atoms with van der Waals surface area (Å²) in [5.74, 6) is -0.118. The van der Waals surface area contributed by atoms with E-state index in [-0.39, 0.29) is 12.4 Å². The molecule has 82 valence electrons. The van der Waals surface area contributed by atoms with E-state index in [4.69, 9.17) is 5.73 Å². The van der Waals surface area contributed by atoms with Crippen molar-refractivity contribution in [3.05, 3.63) is 21.9 Å². The number of nitrogens with one attached hydrogen (secondary N) is 1. The van der Waals surface area contributed by atoms with Crippen molar-refractivity contribution in [1.29, 1.82) is 0 Å². The molecule has 1 aliphatic carbocycles. The lowest BCUT2D eigenvalue weighted by Crippen LogP contribution is -2.49. The van der Waals surface area contributed by atoms with Gasteiger partial charge >= 0.3 is 5.82 Å². The molecule has 0 spiro atoms. The fourth-order valence-corrected chi connectivity index (χ4v) is 2.15. The molecule has 15 heavy (non-hydrogen) atoms. The molecular formula is C8H12N4O3. The maximum Gasteiger partial charge on any atom is 0.346 e. The van der Waals surface area contributed by atoms with Gasteiger partial charge in [-0.25, -0.2) is 0 Å². The van der Waals surface area contributed by atoms with Crippen LogP contribution in [0.15, 0.2) is 6.20 Å². The van der Waals surface area contributed by atoms with Crippen molar-refractivity contribution in [2.45, 2.75) is 24.4 Å². The van der Waals surface area contributed by atoms with E-state index in [2.05, 4.69) is 10.2 Å². The number of aromatic amines is 1. The fourth-order valence-electron chi connectivity index (χ4n) is 2.15. The van der Waals surface area contributed by atoms with Gasteiger partial charge in [-0.3, -0.25) is 0 Å². The number of nitrogens with two attached hydrogens (primary N) is 1. The Hall–Kier alpha value is -1.47. The van der Waals surface area contributed by atoms with E-state index in [0.717, 1.165) is 0 Å². The van der Waals surface area contributed by atoms with Crippen LogP contribution in [0.4, 0.5) is 5.82 Å². The van der Waals surface area contributed by atoms with Crippen LogP contribution in [-0.4, -0.2) is 32.9 Å². The Morgan fingerprint density at radius 1 is 1.80 bits per heavy atom. The normalized spacial score (nSPS) is 29.9. The van der Waals surface area contributed by atoms with Crippen LogP contribution >= 0.6 is 0 Å². The summed E-state index contributed by atoms with van der Waals surface area (Å²) in [5.41, 5.74) is 5.64. The Morgan fingerprint density at radius 3 is 2.93 bits per heavy atom. The average Bonchev–Trinajstić information content (AvgIpc) is 2.61. The maximum absolute atomic E-state index is 10.7. The highest BCUT2D eigenvalue weighted by molar-refractivity contribution is 5.40. The van der Waals surface area contributed by atoms with Gasteiger partial charge in [0.25, 0.3) is 0 Å². The van der Waals surface area contributed by atoms with Gasteiger partial charge in [0, 0.05) is 12.0 Å². The van der Waals surface area contributed by atoms with Gasteiger partial charge < -0.3 is 21.0 Å². The molecule has 0 radical (unpaired) electrons. The second-order valence-corrected chi connectivity index (χ2v) is 3.94. The number of hydrogen-bond donors (Lipinski definition) is 3. The van der Waals surface area contributed by atoms with Gasteiger partial charge in [0.05, 0.1) is 17.9 Å². The molecule has 4 N–H and O–H groups in total. The van der Waals surface area contributed by atoms with E-state index in [9.17, 15) is 15.2 Å². The molecule has 0 aliphatic heterocycles. The van der Waals surface area contributed by atoms with E-state index >= 15 is 0 Å². The van der Waals surface area contributed by atoms with Crippen LogP contribution in [0.25, 0.3) is 0 Å². The van der Waals surface area contributed by atoms with Crippen molar-refractivity contribution in [2.24, 2.45) is 5.73 Å².